The molecular formula is C18H26BN3O3. The second kappa shape index (κ2) is 6.82. The van der Waals surface area contributed by atoms with Gasteiger partial charge in [0.2, 0.25) is 0 Å². The number of rotatable bonds is 6. The Kier molecular flexibility index (Phi) is 4.91. The van der Waals surface area contributed by atoms with E-state index in [0.29, 0.717) is 19.7 Å². The van der Waals surface area contributed by atoms with Crippen LogP contribution >= 0.6 is 0 Å². The van der Waals surface area contributed by atoms with Crippen LogP contribution in [-0.4, -0.2) is 41.3 Å². The number of hydrogen-bond acceptors (Lipinski definition) is 5. The van der Waals surface area contributed by atoms with E-state index in [1.54, 1.807) is 6.20 Å². The van der Waals surface area contributed by atoms with Crippen molar-refractivity contribution in [2.45, 2.75) is 45.4 Å². The van der Waals surface area contributed by atoms with Crippen molar-refractivity contribution in [1.82, 2.24) is 9.78 Å². The molecule has 1 aromatic carbocycles. The maximum Gasteiger partial charge on any atom is 0.498 e. The highest BCUT2D eigenvalue weighted by molar-refractivity contribution is 6.61. The van der Waals surface area contributed by atoms with Gasteiger partial charge in [-0.05, 0) is 45.4 Å². The molecule has 3 rings (SSSR count). The van der Waals surface area contributed by atoms with Gasteiger partial charge in [-0.1, -0.05) is 12.1 Å². The molecule has 1 aromatic heterocycles. The summed E-state index contributed by atoms with van der Waals surface area (Å²) in [6.45, 7) is 9.85. The minimum atomic E-state index is -0.391. The summed E-state index contributed by atoms with van der Waals surface area (Å²) in [5, 5.41) is 4.44. The number of nitrogens with zero attached hydrogens (tertiary/aromatic N) is 2. The molecule has 1 aliphatic heterocycles. The number of hydrogen-bond donors (Lipinski definition) is 1. The van der Waals surface area contributed by atoms with Crippen LogP contribution in [0.4, 0.5) is 0 Å². The quantitative estimate of drug-likeness (QED) is 0.806. The third kappa shape index (κ3) is 3.89. The SMILES string of the molecule is CC1(C)OB(c2cnn(Cc3cccc(OCCN)c3)c2)OC1(C)C. The molecular weight excluding hydrogens is 317 g/mol. The standard InChI is InChI=1S/C18H26BN3O3/c1-17(2)18(3,4)25-19(24-17)15-11-21-22(13-15)12-14-6-5-7-16(10-14)23-9-8-20/h5-7,10-11,13H,8-9,12,20H2,1-4H3. The zero-order valence-corrected chi connectivity index (χ0v) is 15.4. The lowest BCUT2D eigenvalue weighted by Crippen LogP contribution is -2.41. The number of benzene rings is 1. The molecule has 0 amide bonds. The van der Waals surface area contributed by atoms with Crippen molar-refractivity contribution in [2.75, 3.05) is 13.2 Å². The normalized spacial score (nSPS) is 18.5. The van der Waals surface area contributed by atoms with Crippen molar-refractivity contribution in [3.63, 3.8) is 0 Å². The smallest absolute Gasteiger partial charge is 0.492 e. The van der Waals surface area contributed by atoms with Gasteiger partial charge in [0, 0.05) is 24.4 Å². The van der Waals surface area contributed by atoms with E-state index in [1.807, 2.05) is 62.8 Å². The van der Waals surface area contributed by atoms with Gasteiger partial charge in [0.05, 0.1) is 17.7 Å². The third-order valence-corrected chi connectivity index (χ3v) is 4.81. The van der Waals surface area contributed by atoms with Crippen LogP contribution in [0.15, 0.2) is 36.7 Å². The fourth-order valence-corrected chi connectivity index (χ4v) is 2.66. The van der Waals surface area contributed by atoms with Gasteiger partial charge in [-0.2, -0.15) is 5.10 Å². The van der Waals surface area contributed by atoms with Crippen LogP contribution in [0.5, 0.6) is 5.75 Å². The average molecular weight is 343 g/mol. The molecule has 0 saturated carbocycles. The van der Waals surface area contributed by atoms with Gasteiger partial charge in [0.25, 0.3) is 0 Å². The van der Waals surface area contributed by atoms with E-state index in [-0.39, 0.29) is 11.2 Å². The van der Waals surface area contributed by atoms with Crippen LogP contribution in [0.3, 0.4) is 0 Å². The number of ether oxygens (including phenoxy) is 1. The number of aromatic nitrogens is 2. The van der Waals surface area contributed by atoms with E-state index in [9.17, 15) is 0 Å². The predicted molar refractivity (Wildman–Crippen MR) is 98.0 cm³/mol. The summed E-state index contributed by atoms with van der Waals surface area (Å²) in [6.07, 6.45) is 3.77. The summed E-state index contributed by atoms with van der Waals surface area (Å²) in [5.41, 5.74) is 6.80. The van der Waals surface area contributed by atoms with E-state index >= 15 is 0 Å². The molecule has 1 saturated heterocycles. The topological polar surface area (TPSA) is 71.5 Å². The van der Waals surface area contributed by atoms with Crippen molar-refractivity contribution in [1.29, 1.82) is 0 Å². The second-order valence-corrected chi connectivity index (χ2v) is 7.34. The van der Waals surface area contributed by atoms with E-state index < -0.39 is 7.12 Å². The predicted octanol–water partition coefficient (Wildman–Crippen LogP) is 1.57. The molecule has 0 spiro atoms. The van der Waals surface area contributed by atoms with Crippen LogP contribution in [-0.2, 0) is 15.9 Å². The van der Waals surface area contributed by atoms with Crippen LogP contribution in [0, 0.1) is 0 Å². The van der Waals surface area contributed by atoms with Crippen molar-refractivity contribution in [3.8, 4) is 5.75 Å². The maximum absolute atomic E-state index is 6.07. The number of nitrogens with two attached hydrogens (primary N) is 1. The Hall–Kier alpha value is -1.83. The molecule has 0 radical (unpaired) electrons. The Balaban J connectivity index is 1.69. The van der Waals surface area contributed by atoms with Gasteiger partial charge in [0.15, 0.2) is 0 Å². The molecule has 6 nitrogen and oxygen atoms in total. The Morgan fingerprint density at radius 1 is 1.20 bits per heavy atom. The van der Waals surface area contributed by atoms with Crippen molar-refractivity contribution in [2.24, 2.45) is 5.73 Å². The Bertz CT molecular complexity index is 714. The highest BCUT2D eigenvalue weighted by atomic mass is 16.7. The van der Waals surface area contributed by atoms with Crippen molar-refractivity contribution >= 4 is 12.6 Å². The highest BCUT2D eigenvalue weighted by Crippen LogP contribution is 2.36. The lowest BCUT2D eigenvalue weighted by Gasteiger charge is -2.32. The maximum atomic E-state index is 6.07. The molecule has 1 aliphatic rings. The van der Waals surface area contributed by atoms with Crippen LogP contribution in [0.2, 0.25) is 0 Å². The van der Waals surface area contributed by atoms with Crippen molar-refractivity contribution < 1.29 is 14.0 Å². The second-order valence-electron chi connectivity index (χ2n) is 7.34. The molecule has 1 fully saturated rings. The van der Waals surface area contributed by atoms with E-state index in [4.69, 9.17) is 19.8 Å². The van der Waals surface area contributed by atoms with Crippen LogP contribution in [0.1, 0.15) is 33.3 Å². The zero-order valence-electron chi connectivity index (χ0n) is 15.4. The van der Waals surface area contributed by atoms with Crippen LogP contribution in [0.25, 0.3) is 0 Å². The summed E-state index contributed by atoms with van der Waals surface area (Å²) in [4.78, 5) is 0. The van der Waals surface area contributed by atoms with E-state index in [1.165, 1.54) is 0 Å². The first-order chi connectivity index (χ1) is 11.8. The van der Waals surface area contributed by atoms with E-state index in [0.717, 1.165) is 16.8 Å². The molecule has 2 aromatic rings. The first-order valence-corrected chi connectivity index (χ1v) is 8.60. The zero-order chi connectivity index (χ0) is 18.1. The minimum absolute atomic E-state index is 0.353. The lowest BCUT2D eigenvalue weighted by molar-refractivity contribution is 0.00578. The molecule has 2 N–H and O–H groups in total. The summed E-state index contributed by atoms with van der Waals surface area (Å²) < 4.78 is 19.6. The summed E-state index contributed by atoms with van der Waals surface area (Å²) in [5.74, 6) is 0.821. The van der Waals surface area contributed by atoms with Gasteiger partial charge in [-0.25, -0.2) is 0 Å². The highest BCUT2D eigenvalue weighted by Gasteiger charge is 2.52. The first-order valence-electron chi connectivity index (χ1n) is 8.60. The lowest BCUT2D eigenvalue weighted by atomic mass is 9.82. The van der Waals surface area contributed by atoms with Crippen LogP contribution < -0.4 is 15.9 Å². The fourth-order valence-electron chi connectivity index (χ4n) is 2.66. The Labute approximate surface area is 149 Å². The van der Waals surface area contributed by atoms with Crippen molar-refractivity contribution in [3.05, 3.63) is 42.2 Å². The molecule has 0 aliphatic carbocycles. The Morgan fingerprint density at radius 2 is 1.92 bits per heavy atom. The van der Waals surface area contributed by atoms with Gasteiger partial charge in [-0.3, -0.25) is 4.68 Å². The van der Waals surface area contributed by atoms with E-state index in [2.05, 4.69) is 5.10 Å². The third-order valence-electron chi connectivity index (χ3n) is 4.81. The van der Waals surface area contributed by atoms with Gasteiger partial charge in [-0.15, -0.1) is 0 Å². The average Bonchev–Trinajstić information content (AvgIpc) is 3.08. The minimum Gasteiger partial charge on any atom is -0.492 e. The Morgan fingerprint density at radius 3 is 2.60 bits per heavy atom. The molecule has 134 valence electrons. The van der Waals surface area contributed by atoms with Gasteiger partial charge in [0.1, 0.15) is 12.4 Å². The largest absolute Gasteiger partial charge is 0.498 e. The monoisotopic (exact) mass is 343 g/mol. The fraction of sp³-hybridized carbons (Fsp3) is 0.500. The van der Waals surface area contributed by atoms with Gasteiger partial charge < -0.3 is 19.8 Å². The summed E-state index contributed by atoms with van der Waals surface area (Å²) in [6, 6.07) is 7.95. The first kappa shape index (κ1) is 18.0. The molecule has 0 atom stereocenters. The molecule has 7 heteroatoms. The molecule has 0 bridgehead atoms. The molecule has 2 heterocycles. The summed E-state index contributed by atoms with van der Waals surface area (Å²) >= 11 is 0. The summed E-state index contributed by atoms with van der Waals surface area (Å²) in [7, 11) is -0.391. The van der Waals surface area contributed by atoms with Gasteiger partial charge >= 0.3 is 7.12 Å². The molecule has 0 unspecified atom stereocenters. The molecule has 25 heavy (non-hydrogen) atoms.